The van der Waals surface area contributed by atoms with E-state index in [1.54, 1.807) is 6.33 Å². The van der Waals surface area contributed by atoms with Crippen molar-refractivity contribution in [1.82, 2.24) is 19.8 Å². The molecule has 30 heavy (non-hydrogen) atoms. The number of benzene rings is 2. The van der Waals surface area contributed by atoms with Crippen LogP contribution in [-0.2, 0) is 17.8 Å². The van der Waals surface area contributed by atoms with E-state index in [1.807, 2.05) is 12.3 Å². The van der Waals surface area contributed by atoms with Gasteiger partial charge >= 0.3 is 0 Å². The molecule has 1 aromatic heterocycles. The monoisotopic (exact) mass is 402 g/mol. The molecule has 1 aliphatic rings. The maximum absolute atomic E-state index is 13.4. The Morgan fingerprint density at radius 3 is 2.63 bits per heavy atom. The lowest BCUT2D eigenvalue weighted by Crippen LogP contribution is -2.37. The first-order valence-electron chi connectivity index (χ1n) is 10.9. The molecule has 1 saturated heterocycles. The van der Waals surface area contributed by atoms with E-state index in [-0.39, 0.29) is 11.8 Å². The molecular weight excluding hydrogens is 372 g/mol. The van der Waals surface area contributed by atoms with Crippen molar-refractivity contribution < 1.29 is 4.79 Å². The van der Waals surface area contributed by atoms with E-state index >= 15 is 0 Å². The normalized spacial score (nSPS) is 17.8. The second-order valence-electron chi connectivity index (χ2n) is 8.06. The summed E-state index contributed by atoms with van der Waals surface area (Å²) in [4.78, 5) is 25.2. The van der Waals surface area contributed by atoms with Crippen molar-refractivity contribution in [3.8, 4) is 11.1 Å². The number of amides is 1. The minimum atomic E-state index is -0.0492. The van der Waals surface area contributed by atoms with Gasteiger partial charge in [0, 0.05) is 44.6 Å². The molecule has 0 radical (unpaired) electrons. The summed E-state index contributed by atoms with van der Waals surface area (Å²) in [5, 5.41) is 0. The highest BCUT2D eigenvalue weighted by molar-refractivity contribution is 5.80. The van der Waals surface area contributed by atoms with Crippen LogP contribution in [0.2, 0.25) is 0 Å². The summed E-state index contributed by atoms with van der Waals surface area (Å²) in [6.07, 6.45) is 5.33. The van der Waals surface area contributed by atoms with E-state index in [1.165, 1.54) is 16.7 Å². The summed E-state index contributed by atoms with van der Waals surface area (Å²) in [5.74, 6) is 0.235. The Kier molecular flexibility index (Phi) is 6.60. The molecule has 1 atom stereocenters. The average molecular weight is 403 g/mol. The van der Waals surface area contributed by atoms with Gasteiger partial charge in [-0.15, -0.1) is 0 Å². The predicted molar refractivity (Wildman–Crippen MR) is 120 cm³/mol. The van der Waals surface area contributed by atoms with Gasteiger partial charge in [-0.1, -0.05) is 61.5 Å². The average Bonchev–Trinajstić information content (AvgIpc) is 3.24. The van der Waals surface area contributed by atoms with Gasteiger partial charge in [-0.3, -0.25) is 9.69 Å². The fraction of sp³-hybridized carbons (Fsp3) is 0.360. The molecule has 0 unspecified atom stereocenters. The number of nitrogens with one attached hydrogen (secondary N) is 1. The van der Waals surface area contributed by atoms with Gasteiger partial charge in [0.15, 0.2) is 0 Å². The molecule has 0 bridgehead atoms. The van der Waals surface area contributed by atoms with Gasteiger partial charge in [-0.2, -0.15) is 0 Å². The lowest BCUT2D eigenvalue weighted by Gasteiger charge is -2.24. The maximum atomic E-state index is 13.4. The Morgan fingerprint density at radius 1 is 1.07 bits per heavy atom. The number of imidazole rings is 1. The molecular formula is C25H30N4O. The van der Waals surface area contributed by atoms with Crippen LogP contribution in [0.15, 0.2) is 67.1 Å². The van der Waals surface area contributed by atoms with Gasteiger partial charge < -0.3 is 9.88 Å². The van der Waals surface area contributed by atoms with Gasteiger partial charge in [-0.05, 0) is 29.5 Å². The topological polar surface area (TPSA) is 52.2 Å². The summed E-state index contributed by atoms with van der Waals surface area (Å²) in [6, 6.07) is 18.9. The van der Waals surface area contributed by atoms with Crippen LogP contribution in [0.25, 0.3) is 11.1 Å². The SMILES string of the molecule is CCCN1CCN(Cc2cnc[nH]2)C[C@@H](Cc2ccccc2-c2ccccc2)C1=O. The van der Waals surface area contributed by atoms with Crippen molar-refractivity contribution in [2.75, 3.05) is 26.2 Å². The minimum absolute atomic E-state index is 0.0492. The molecule has 2 aromatic carbocycles. The summed E-state index contributed by atoms with van der Waals surface area (Å²) >= 11 is 0. The number of rotatable bonds is 7. The Morgan fingerprint density at radius 2 is 1.87 bits per heavy atom. The highest BCUT2D eigenvalue weighted by Gasteiger charge is 2.30. The van der Waals surface area contributed by atoms with Crippen molar-refractivity contribution in [2.24, 2.45) is 5.92 Å². The fourth-order valence-electron chi connectivity index (χ4n) is 4.37. The lowest BCUT2D eigenvalue weighted by molar-refractivity contribution is -0.134. The van der Waals surface area contributed by atoms with E-state index in [0.29, 0.717) is 0 Å². The van der Waals surface area contributed by atoms with Crippen molar-refractivity contribution in [3.05, 3.63) is 78.4 Å². The van der Waals surface area contributed by atoms with Crippen LogP contribution in [0.4, 0.5) is 0 Å². The van der Waals surface area contributed by atoms with Crippen molar-refractivity contribution >= 4 is 5.91 Å². The molecule has 1 fully saturated rings. The van der Waals surface area contributed by atoms with Crippen molar-refractivity contribution in [1.29, 1.82) is 0 Å². The Labute approximate surface area is 178 Å². The third-order valence-electron chi connectivity index (χ3n) is 5.84. The van der Waals surface area contributed by atoms with E-state index in [0.717, 1.165) is 51.3 Å². The van der Waals surface area contributed by atoms with Crippen LogP contribution >= 0.6 is 0 Å². The number of H-pyrrole nitrogens is 1. The molecule has 156 valence electrons. The molecule has 2 heterocycles. The Bertz CT molecular complexity index is 939. The number of carbonyl (C=O) groups excluding carboxylic acids is 1. The first kappa shape index (κ1) is 20.4. The van der Waals surface area contributed by atoms with Crippen LogP contribution in [0.3, 0.4) is 0 Å². The highest BCUT2D eigenvalue weighted by atomic mass is 16.2. The minimum Gasteiger partial charge on any atom is -0.347 e. The quantitative estimate of drug-likeness (QED) is 0.650. The second kappa shape index (κ2) is 9.72. The number of hydrogen-bond donors (Lipinski definition) is 1. The van der Waals surface area contributed by atoms with Gasteiger partial charge in [0.1, 0.15) is 0 Å². The number of hydrogen-bond acceptors (Lipinski definition) is 3. The largest absolute Gasteiger partial charge is 0.347 e. The van der Waals surface area contributed by atoms with Gasteiger partial charge in [0.05, 0.1) is 12.2 Å². The number of aromatic amines is 1. The molecule has 5 nitrogen and oxygen atoms in total. The standard InChI is InChI=1S/C25H30N4O/c1-2-12-29-14-13-28(18-23-16-26-19-27-23)17-22(25(29)30)15-21-10-6-7-11-24(21)20-8-4-3-5-9-20/h3-11,16,19,22H,2,12-15,17-18H2,1H3,(H,26,27)/t22-/m1/s1. The lowest BCUT2D eigenvalue weighted by atomic mass is 9.91. The highest BCUT2D eigenvalue weighted by Crippen LogP contribution is 2.27. The molecule has 3 aromatic rings. The summed E-state index contributed by atoms with van der Waals surface area (Å²) < 4.78 is 0. The molecule has 0 spiro atoms. The third-order valence-corrected chi connectivity index (χ3v) is 5.84. The Balaban J connectivity index is 1.59. The molecule has 0 aliphatic carbocycles. The predicted octanol–water partition coefficient (Wildman–Crippen LogP) is 3.99. The van der Waals surface area contributed by atoms with Crippen molar-refractivity contribution in [3.63, 3.8) is 0 Å². The Hall–Kier alpha value is -2.92. The maximum Gasteiger partial charge on any atom is 0.227 e. The first-order valence-corrected chi connectivity index (χ1v) is 10.9. The molecule has 0 saturated carbocycles. The van der Waals surface area contributed by atoms with Gasteiger partial charge in [0.25, 0.3) is 0 Å². The molecule has 1 aliphatic heterocycles. The van der Waals surface area contributed by atoms with Gasteiger partial charge in [-0.25, -0.2) is 4.98 Å². The van der Waals surface area contributed by atoms with E-state index in [9.17, 15) is 4.79 Å². The second-order valence-corrected chi connectivity index (χ2v) is 8.06. The zero-order chi connectivity index (χ0) is 20.8. The van der Waals surface area contributed by atoms with Crippen LogP contribution in [-0.4, -0.2) is 51.9 Å². The van der Waals surface area contributed by atoms with Crippen LogP contribution < -0.4 is 0 Å². The summed E-state index contributed by atoms with van der Waals surface area (Å²) in [5.41, 5.74) is 4.75. The van der Waals surface area contributed by atoms with E-state index in [2.05, 4.69) is 75.2 Å². The van der Waals surface area contributed by atoms with E-state index < -0.39 is 0 Å². The smallest absolute Gasteiger partial charge is 0.227 e. The first-order chi connectivity index (χ1) is 14.7. The van der Waals surface area contributed by atoms with E-state index in [4.69, 9.17) is 0 Å². The summed E-state index contributed by atoms with van der Waals surface area (Å²) in [6.45, 7) is 6.21. The third kappa shape index (κ3) is 4.79. The zero-order valence-corrected chi connectivity index (χ0v) is 17.6. The molecule has 1 amide bonds. The number of aromatic nitrogens is 2. The number of nitrogens with zero attached hydrogens (tertiary/aromatic N) is 3. The zero-order valence-electron chi connectivity index (χ0n) is 17.6. The van der Waals surface area contributed by atoms with Crippen LogP contribution in [0.5, 0.6) is 0 Å². The van der Waals surface area contributed by atoms with Crippen LogP contribution in [0, 0.1) is 5.92 Å². The molecule has 1 N–H and O–H groups in total. The fourth-order valence-corrected chi connectivity index (χ4v) is 4.37. The van der Waals surface area contributed by atoms with Crippen molar-refractivity contribution in [2.45, 2.75) is 26.3 Å². The van der Waals surface area contributed by atoms with Gasteiger partial charge in [0.2, 0.25) is 5.91 Å². The molecule has 4 rings (SSSR count). The summed E-state index contributed by atoms with van der Waals surface area (Å²) in [7, 11) is 0. The number of carbonyl (C=O) groups is 1. The molecule has 5 heteroatoms. The van der Waals surface area contributed by atoms with Crippen LogP contribution in [0.1, 0.15) is 24.6 Å².